The molecule has 0 spiro atoms. The van der Waals surface area contributed by atoms with Crippen LogP contribution in [0.5, 0.6) is 0 Å². The number of piperazine rings is 1. The molecule has 0 aliphatic carbocycles. The van der Waals surface area contributed by atoms with Gasteiger partial charge in [-0.3, -0.25) is 4.79 Å². The first-order valence-electron chi connectivity index (χ1n) is 9.51. The molecule has 4 rings (SSSR count). The number of carbonyl (C=O) groups excluding carboxylic acids is 1. The fourth-order valence-corrected chi connectivity index (χ4v) is 4.12. The monoisotopic (exact) mass is 383 g/mol. The van der Waals surface area contributed by atoms with E-state index in [0.717, 1.165) is 22.3 Å². The molecule has 28 heavy (non-hydrogen) atoms. The number of anilines is 1. The second kappa shape index (κ2) is 7.26. The van der Waals surface area contributed by atoms with Gasteiger partial charge in [-0.25, -0.2) is 8.78 Å². The van der Waals surface area contributed by atoms with Crippen LogP contribution in [0, 0.1) is 18.6 Å². The Labute approximate surface area is 162 Å². The van der Waals surface area contributed by atoms with Gasteiger partial charge in [-0.1, -0.05) is 0 Å². The number of benzene rings is 2. The molecule has 1 aromatic heterocycles. The van der Waals surface area contributed by atoms with E-state index in [4.69, 9.17) is 0 Å². The van der Waals surface area contributed by atoms with Crippen molar-refractivity contribution in [1.82, 2.24) is 9.88 Å². The number of nitrogens with one attached hydrogen (secondary N) is 1. The Morgan fingerprint density at radius 3 is 2.32 bits per heavy atom. The SMILES string of the molecule is Cc1[nH]c2cc(F)ccc2c1C(C)C(=O)N1CCN(c2ccc(F)cc2)CC1. The maximum absolute atomic E-state index is 13.5. The molecule has 6 heteroatoms. The van der Waals surface area contributed by atoms with E-state index in [2.05, 4.69) is 9.88 Å². The normalized spacial score (nSPS) is 15.9. The van der Waals surface area contributed by atoms with Crippen molar-refractivity contribution in [3.8, 4) is 0 Å². The van der Waals surface area contributed by atoms with Crippen molar-refractivity contribution in [2.75, 3.05) is 31.1 Å². The Morgan fingerprint density at radius 2 is 1.64 bits per heavy atom. The molecule has 1 fully saturated rings. The molecule has 2 heterocycles. The van der Waals surface area contributed by atoms with Gasteiger partial charge in [-0.15, -0.1) is 0 Å². The first-order chi connectivity index (χ1) is 13.4. The zero-order chi connectivity index (χ0) is 19.8. The molecule has 1 unspecified atom stereocenters. The lowest BCUT2D eigenvalue weighted by Crippen LogP contribution is -2.49. The second-order valence-electron chi connectivity index (χ2n) is 7.36. The highest BCUT2D eigenvalue weighted by Gasteiger charge is 2.28. The number of aromatic amines is 1. The molecule has 1 atom stereocenters. The lowest BCUT2D eigenvalue weighted by atomic mass is 9.96. The summed E-state index contributed by atoms with van der Waals surface area (Å²) < 4.78 is 26.6. The fraction of sp³-hybridized carbons (Fsp3) is 0.318. The number of hydrogen-bond acceptors (Lipinski definition) is 2. The van der Waals surface area contributed by atoms with Crippen LogP contribution in [-0.4, -0.2) is 42.0 Å². The number of aromatic nitrogens is 1. The third-order valence-corrected chi connectivity index (χ3v) is 5.58. The highest BCUT2D eigenvalue weighted by atomic mass is 19.1. The summed E-state index contributed by atoms with van der Waals surface area (Å²) in [6.45, 7) is 6.49. The molecule has 4 nitrogen and oxygen atoms in total. The lowest BCUT2D eigenvalue weighted by Gasteiger charge is -2.37. The molecule has 1 aliphatic heterocycles. The van der Waals surface area contributed by atoms with Gasteiger partial charge in [0.2, 0.25) is 5.91 Å². The van der Waals surface area contributed by atoms with Crippen LogP contribution in [-0.2, 0) is 4.79 Å². The number of H-pyrrole nitrogens is 1. The Hall–Kier alpha value is -2.89. The van der Waals surface area contributed by atoms with E-state index in [1.807, 2.05) is 18.7 Å². The van der Waals surface area contributed by atoms with Crippen molar-refractivity contribution in [3.05, 3.63) is 65.4 Å². The number of nitrogens with zero attached hydrogens (tertiary/aromatic N) is 2. The molecule has 0 bridgehead atoms. The standard InChI is InChI=1S/C22H23F2N3O/c1-14(21-15(2)25-20-13-17(24)5-8-19(20)21)22(28)27-11-9-26(10-12-27)18-6-3-16(23)4-7-18/h3-8,13-14,25H,9-12H2,1-2H3. The minimum absolute atomic E-state index is 0.0760. The maximum Gasteiger partial charge on any atom is 0.230 e. The molecule has 2 aromatic carbocycles. The number of hydrogen-bond donors (Lipinski definition) is 1. The molecule has 0 saturated carbocycles. The van der Waals surface area contributed by atoms with Crippen LogP contribution >= 0.6 is 0 Å². The predicted octanol–water partition coefficient (Wildman–Crippen LogP) is 4.21. The van der Waals surface area contributed by atoms with Gasteiger partial charge < -0.3 is 14.8 Å². The molecule has 0 radical (unpaired) electrons. The van der Waals surface area contributed by atoms with Crippen LogP contribution in [0.1, 0.15) is 24.1 Å². The Balaban J connectivity index is 1.48. The summed E-state index contributed by atoms with van der Waals surface area (Å²) in [5.74, 6) is -0.778. The highest BCUT2D eigenvalue weighted by Crippen LogP contribution is 2.31. The van der Waals surface area contributed by atoms with Crippen LogP contribution in [0.3, 0.4) is 0 Å². The van der Waals surface area contributed by atoms with Crippen molar-refractivity contribution >= 4 is 22.5 Å². The number of carbonyl (C=O) groups is 1. The first kappa shape index (κ1) is 18.5. The minimum atomic E-state index is -0.309. The van der Waals surface area contributed by atoms with E-state index in [9.17, 15) is 13.6 Å². The minimum Gasteiger partial charge on any atom is -0.368 e. The molecule has 146 valence electrons. The largest absolute Gasteiger partial charge is 0.368 e. The zero-order valence-electron chi connectivity index (χ0n) is 16.0. The van der Waals surface area contributed by atoms with Crippen LogP contribution < -0.4 is 4.90 Å². The topological polar surface area (TPSA) is 39.3 Å². The van der Waals surface area contributed by atoms with E-state index < -0.39 is 0 Å². The van der Waals surface area contributed by atoms with Crippen molar-refractivity contribution in [2.45, 2.75) is 19.8 Å². The summed E-state index contributed by atoms with van der Waals surface area (Å²) in [7, 11) is 0. The Kier molecular flexibility index (Phi) is 4.79. The Morgan fingerprint density at radius 1 is 1.00 bits per heavy atom. The molecular weight excluding hydrogens is 360 g/mol. The highest BCUT2D eigenvalue weighted by molar-refractivity contribution is 5.93. The first-order valence-corrected chi connectivity index (χ1v) is 9.51. The van der Waals surface area contributed by atoms with Crippen molar-refractivity contribution < 1.29 is 13.6 Å². The van der Waals surface area contributed by atoms with Crippen LogP contribution in [0.15, 0.2) is 42.5 Å². The maximum atomic E-state index is 13.5. The van der Waals surface area contributed by atoms with E-state index >= 15 is 0 Å². The van der Waals surface area contributed by atoms with Gasteiger partial charge in [0.15, 0.2) is 0 Å². The van der Waals surface area contributed by atoms with E-state index in [-0.39, 0.29) is 23.5 Å². The van der Waals surface area contributed by atoms with Crippen molar-refractivity contribution in [3.63, 3.8) is 0 Å². The lowest BCUT2D eigenvalue weighted by molar-refractivity contribution is -0.132. The van der Waals surface area contributed by atoms with Crippen LogP contribution in [0.25, 0.3) is 10.9 Å². The second-order valence-corrected chi connectivity index (χ2v) is 7.36. The summed E-state index contributed by atoms with van der Waals surface area (Å²) in [6, 6.07) is 11.1. The molecule has 1 N–H and O–H groups in total. The van der Waals surface area contributed by atoms with Crippen LogP contribution in [0.2, 0.25) is 0 Å². The molecule has 1 aliphatic rings. The van der Waals surface area contributed by atoms with Gasteiger partial charge in [-0.05, 0) is 61.9 Å². The summed E-state index contributed by atoms with van der Waals surface area (Å²) in [5, 5.41) is 0.893. The quantitative estimate of drug-likeness (QED) is 0.736. The number of amides is 1. The van der Waals surface area contributed by atoms with E-state index in [1.54, 1.807) is 18.2 Å². The number of fused-ring (bicyclic) bond motifs is 1. The van der Waals surface area contributed by atoms with Gasteiger partial charge >= 0.3 is 0 Å². The third kappa shape index (κ3) is 3.35. The number of rotatable bonds is 3. The molecular formula is C22H23F2N3O. The average molecular weight is 383 g/mol. The van der Waals surface area contributed by atoms with Gasteiger partial charge in [0.25, 0.3) is 0 Å². The average Bonchev–Trinajstić information content (AvgIpc) is 3.02. The van der Waals surface area contributed by atoms with Gasteiger partial charge in [0.05, 0.1) is 5.92 Å². The predicted molar refractivity (Wildman–Crippen MR) is 107 cm³/mol. The van der Waals surface area contributed by atoms with Gasteiger partial charge in [0, 0.05) is 48.5 Å². The summed E-state index contributed by atoms with van der Waals surface area (Å²) in [4.78, 5) is 20.3. The number of halogens is 2. The van der Waals surface area contributed by atoms with E-state index in [1.165, 1.54) is 24.3 Å². The summed E-state index contributed by atoms with van der Waals surface area (Å²) in [6.07, 6.45) is 0. The smallest absolute Gasteiger partial charge is 0.230 e. The summed E-state index contributed by atoms with van der Waals surface area (Å²) in [5.41, 5.74) is 3.51. The fourth-order valence-electron chi connectivity index (χ4n) is 4.12. The van der Waals surface area contributed by atoms with E-state index in [0.29, 0.717) is 31.7 Å². The number of aryl methyl sites for hydroxylation is 1. The Bertz CT molecular complexity index is 1000. The van der Waals surface area contributed by atoms with Crippen LogP contribution in [0.4, 0.5) is 14.5 Å². The van der Waals surface area contributed by atoms with Crippen molar-refractivity contribution in [2.24, 2.45) is 0 Å². The van der Waals surface area contributed by atoms with Crippen molar-refractivity contribution in [1.29, 1.82) is 0 Å². The molecule has 1 saturated heterocycles. The summed E-state index contributed by atoms with van der Waals surface area (Å²) >= 11 is 0. The zero-order valence-corrected chi connectivity index (χ0v) is 16.0. The molecule has 1 amide bonds. The van der Waals surface area contributed by atoms with Gasteiger partial charge in [-0.2, -0.15) is 0 Å². The van der Waals surface area contributed by atoms with Gasteiger partial charge in [0.1, 0.15) is 11.6 Å². The third-order valence-electron chi connectivity index (χ3n) is 5.58. The molecule has 3 aromatic rings.